The Balaban J connectivity index is 2.34. The van der Waals surface area contributed by atoms with Crippen LogP contribution in [0.5, 0.6) is 0 Å². The van der Waals surface area contributed by atoms with E-state index in [1.165, 1.54) is 0 Å². The molecule has 0 saturated carbocycles. The molecule has 1 aromatic rings. The molecule has 15 heavy (non-hydrogen) atoms. The molecule has 0 radical (unpaired) electrons. The van der Waals surface area contributed by atoms with Gasteiger partial charge in [0.25, 0.3) is 0 Å². The third-order valence-corrected chi connectivity index (χ3v) is 2.06. The zero-order valence-corrected chi connectivity index (χ0v) is 9.70. The Bertz CT molecular complexity index is 279. The van der Waals surface area contributed by atoms with E-state index in [1.54, 1.807) is 12.4 Å². The van der Waals surface area contributed by atoms with E-state index in [2.05, 4.69) is 31.1 Å². The van der Waals surface area contributed by atoms with Crippen molar-refractivity contribution in [2.75, 3.05) is 6.54 Å². The minimum Gasteiger partial charge on any atom is -0.391 e. The maximum absolute atomic E-state index is 9.78. The van der Waals surface area contributed by atoms with Crippen molar-refractivity contribution in [3.8, 4) is 0 Å². The number of pyridine rings is 1. The topological polar surface area (TPSA) is 45.1 Å². The zero-order valence-electron chi connectivity index (χ0n) is 9.70. The first-order chi connectivity index (χ1) is 6.97. The number of β-amino-alcohol motifs (C(OH)–C–C–N with tert-alkyl or cyclic N) is 1. The largest absolute Gasteiger partial charge is 0.391 e. The van der Waals surface area contributed by atoms with Gasteiger partial charge in [0.05, 0.1) is 6.10 Å². The van der Waals surface area contributed by atoms with Crippen LogP contribution in [-0.4, -0.2) is 28.3 Å². The lowest BCUT2D eigenvalue weighted by atomic mass is 10.1. The molecule has 0 bridgehead atoms. The van der Waals surface area contributed by atoms with E-state index in [1.807, 2.05) is 12.1 Å². The molecular formula is C12H20N2O. The van der Waals surface area contributed by atoms with Crippen LogP contribution in [0.4, 0.5) is 0 Å². The molecule has 1 atom stereocenters. The second-order valence-corrected chi connectivity index (χ2v) is 4.85. The van der Waals surface area contributed by atoms with Gasteiger partial charge in [-0.2, -0.15) is 0 Å². The predicted octanol–water partition coefficient (Wildman–Crippen LogP) is 1.37. The van der Waals surface area contributed by atoms with Gasteiger partial charge in [-0.15, -0.1) is 0 Å². The van der Waals surface area contributed by atoms with Crippen molar-refractivity contribution in [1.29, 1.82) is 0 Å². The van der Waals surface area contributed by atoms with E-state index in [4.69, 9.17) is 0 Å². The number of rotatable bonds is 4. The number of nitrogens with zero attached hydrogens (tertiary/aromatic N) is 1. The summed E-state index contributed by atoms with van der Waals surface area (Å²) in [6, 6.07) is 3.87. The van der Waals surface area contributed by atoms with Gasteiger partial charge in [-0.25, -0.2) is 0 Å². The van der Waals surface area contributed by atoms with Gasteiger partial charge in [0.1, 0.15) is 0 Å². The molecule has 3 heteroatoms. The monoisotopic (exact) mass is 208 g/mol. The summed E-state index contributed by atoms with van der Waals surface area (Å²) in [6.45, 7) is 6.87. The highest BCUT2D eigenvalue weighted by Crippen LogP contribution is 2.03. The van der Waals surface area contributed by atoms with Gasteiger partial charge in [0.2, 0.25) is 0 Å². The summed E-state index contributed by atoms with van der Waals surface area (Å²) in [4.78, 5) is 4.02. The normalized spacial score (nSPS) is 13.9. The fourth-order valence-corrected chi connectivity index (χ4v) is 1.29. The molecule has 2 N–H and O–H groups in total. The van der Waals surface area contributed by atoms with E-state index in [-0.39, 0.29) is 11.6 Å². The minimum absolute atomic E-state index is 0.0515. The van der Waals surface area contributed by atoms with Crippen molar-refractivity contribution < 1.29 is 5.11 Å². The van der Waals surface area contributed by atoms with Crippen LogP contribution >= 0.6 is 0 Å². The van der Waals surface area contributed by atoms with Crippen molar-refractivity contribution in [2.45, 2.75) is 38.8 Å². The van der Waals surface area contributed by atoms with Crippen molar-refractivity contribution in [2.24, 2.45) is 0 Å². The van der Waals surface area contributed by atoms with Crippen molar-refractivity contribution in [1.82, 2.24) is 10.3 Å². The fourth-order valence-electron chi connectivity index (χ4n) is 1.29. The van der Waals surface area contributed by atoms with Crippen molar-refractivity contribution >= 4 is 0 Å². The second kappa shape index (κ2) is 5.24. The summed E-state index contributed by atoms with van der Waals surface area (Å²) >= 11 is 0. The molecule has 0 aliphatic rings. The SMILES string of the molecule is CC(C)(C)NCC(O)Cc1cccnc1. The number of nitrogens with one attached hydrogen (secondary N) is 1. The van der Waals surface area contributed by atoms with Gasteiger partial charge in [-0.3, -0.25) is 4.98 Å². The highest BCUT2D eigenvalue weighted by atomic mass is 16.3. The van der Waals surface area contributed by atoms with Gasteiger partial charge in [-0.05, 0) is 32.4 Å². The van der Waals surface area contributed by atoms with Crippen molar-refractivity contribution in [3.63, 3.8) is 0 Å². The Hall–Kier alpha value is -0.930. The first-order valence-corrected chi connectivity index (χ1v) is 5.29. The quantitative estimate of drug-likeness (QED) is 0.785. The lowest BCUT2D eigenvalue weighted by Crippen LogP contribution is -2.41. The maximum atomic E-state index is 9.78. The van der Waals surface area contributed by atoms with Crippen LogP contribution in [0.15, 0.2) is 24.5 Å². The Kier molecular flexibility index (Phi) is 4.24. The molecule has 0 aromatic carbocycles. The molecule has 0 spiro atoms. The molecule has 1 unspecified atom stereocenters. The number of aromatic nitrogens is 1. The van der Waals surface area contributed by atoms with Crippen LogP contribution in [0, 0.1) is 0 Å². The molecule has 3 nitrogen and oxygen atoms in total. The number of hydrogen-bond acceptors (Lipinski definition) is 3. The zero-order chi connectivity index (χ0) is 11.3. The fraction of sp³-hybridized carbons (Fsp3) is 0.583. The average molecular weight is 208 g/mol. The maximum Gasteiger partial charge on any atom is 0.0705 e. The number of aliphatic hydroxyl groups is 1. The highest BCUT2D eigenvalue weighted by molar-refractivity contribution is 5.09. The third kappa shape index (κ3) is 5.50. The smallest absolute Gasteiger partial charge is 0.0705 e. The Morgan fingerprint density at radius 3 is 2.73 bits per heavy atom. The van der Waals surface area contributed by atoms with E-state index in [9.17, 15) is 5.11 Å². The van der Waals surface area contributed by atoms with E-state index < -0.39 is 0 Å². The van der Waals surface area contributed by atoms with Gasteiger partial charge in [-0.1, -0.05) is 6.07 Å². The van der Waals surface area contributed by atoms with Gasteiger partial charge < -0.3 is 10.4 Å². The molecule has 84 valence electrons. The summed E-state index contributed by atoms with van der Waals surface area (Å²) in [5, 5.41) is 13.0. The molecule has 0 saturated heterocycles. The average Bonchev–Trinajstić information content (AvgIpc) is 2.15. The predicted molar refractivity (Wildman–Crippen MR) is 61.7 cm³/mol. The summed E-state index contributed by atoms with van der Waals surface area (Å²) < 4.78 is 0. The van der Waals surface area contributed by atoms with E-state index in [0.29, 0.717) is 13.0 Å². The summed E-state index contributed by atoms with van der Waals surface area (Å²) in [5.41, 5.74) is 1.12. The van der Waals surface area contributed by atoms with Gasteiger partial charge >= 0.3 is 0 Å². The molecule has 0 fully saturated rings. The van der Waals surface area contributed by atoms with E-state index >= 15 is 0 Å². The lowest BCUT2D eigenvalue weighted by Gasteiger charge is -2.22. The summed E-state index contributed by atoms with van der Waals surface area (Å²) in [5.74, 6) is 0. The van der Waals surface area contributed by atoms with Gasteiger partial charge in [0.15, 0.2) is 0 Å². The standard InChI is InChI=1S/C12H20N2O/c1-12(2,3)14-9-11(15)7-10-5-4-6-13-8-10/h4-6,8,11,14-15H,7,9H2,1-3H3. The summed E-state index contributed by atoms with van der Waals surface area (Å²) in [7, 11) is 0. The van der Waals surface area contributed by atoms with Gasteiger partial charge in [0, 0.05) is 30.9 Å². The molecule has 0 amide bonds. The molecular weight excluding hydrogens is 188 g/mol. The number of aliphatic hydroxyl groups excluding tert-OH is 1. The Morgan fingerprint density at radius 2 is 2.20 bits per heavy atom. The first-order valence-electron chi connectivity index (χ1n) is 5.29. The summed E-state index contributed by atoms with van der Waals surface area (Å²) in [6.07, 6.45) is 3.83. The lowest BCUT2D eigenvalue weighted by molar-refractivity contribution is 0.161. The Morgan fingerprint density at radius 1 is 1.47 bits per heavy atom. The second-order valence-electron chi connectivity index (χ2n) is 4.85. The van der Waals surface area contributed by atoms with E-state index in [0.717, 1.165) is 5.56 Å². The highest BCUT2D eigenvalue weighted by Gasteiger charge is 2.12. The first kappa shape index (κ1) is 12.1. The van der Waals surface area contributed by atoms with Crippen LogP contribution in [0.1, 0.15) is 26.3 Å². The third-order valence-electron chi connectivity index (χ3n) is 2.06. The van der Waals surface area contributed by atoms with Crippen LogP contribution in [0.25, 0.3) is 0 Å². The molecule has 1 heterocycles. The number of hydrogen-bond donors (Lipinski definition) is 2. The van der Waals surface area contributed by atoms with Crippen molar-refractivity contribution in [3.05, 3.63) is 30.1 Å². The molecule has 1 aromatic heterocycles. The molecule has 0 aliphatic heterocycles. The van der Waals surface area contributed by atoms with Crippen LogP contribution in [-0.2, 0) is 6.42 Å². The van der Waals surface area contributed by atoms with Crippen LogP contribution in [0.2, 0.25) is 0 Å². The minimum atomic E-state index is -0.353. The molecule has 0 aliphatic carbocycles. The molecule has 1 rings (SSSR count). The van der Waals surface area contributed by atoms with Crippen LogP contribution < -0.4 is 5.32 Å². The van der Waals surface area contributed by atoms with Crippen LogP contribution in [0.3, 0.4) is 0 Å². The Labute approximate surface area is 91.5 Å².